The summed E-state index contributed by atoms with van der Waals surface area (Å²) < 4.78 is 30.4. The molecule has 6 nitrogen and oxygen atoms in total. The monoisotopic (exact) mass is 364 g/mol. The van der Waals surface area contributed by atoms with Gasteiger partial charge in [0.25, 0.3) is 0 Å². The number of carbonyl (C=O) groups excluding carboxylic acids is 1. The molecule has 0 aromatic rings. The first kappa shape index (κ1) is 18.1. The molecular weight excluding hydrogens is 340 g/mol. The van der Waals surface area contributed by atoms with Crippen molar-refractivity contribution in [3.8, 4) is 0 Å². The molecule has 0 aromatic carbocycles. The Kier molecular flexibility index (Phi) is 5.24. The van der Waals surface area contributed by atoms with Crippen molar-refractivity contribution in [1.29, 1.82) is 0 Å². The highest BCUT2D eigenvalue weighted by Crippen LogP contribution is 2.41. The molecule has 0 saturated carbocycles. The van der Waals surface area contributed by atoms with Gasteiger partial charge < -0.3 is 10.1 Å². The Hall–Kier alpha value is -1.73. The molecule has 0 aromatic heterocycles. The number of aliphatic imine (C=N–C) groups is 1. The van der Waals surface area contributed by atoms with E-state index in [-0.39, 0.29) is 29.1 Å². The lowest BCUT2D eigenvalue weighted by Crippen LogP contribution is -2.33. The molecule has 1 fully saturated rings. The van der Waals surface area contributed by atoms with Crippen molar-refractivity contribution in [3.05, 3.63) is 34.9 Å². The molecule has 136 valence electrons. The van der Waals surface area contributed by atoms with Gasteiger partial charge in [-0.15, -0.1) is 0 Å². The normalized spacial score (nSPS) is 32.7. The van der Waals surface area contributed by atoms with Gasteiger partial charge in [0.1, 0.15) is 0 Å². The number of ether oxygens (including phenoxy) is 1. The van der Waals surface area contributed by atoms with E-state index in [1.807, 2.05) is 19.2 Å². The van der Waals surface area contributed by atoms with E-state index in [1.165, 1.54) is 0 Å². The maximum atomic E-state index is 12.3. The Bertz CT molecular complexity index is 764. The largest absolute Gasteiger partial charge is 0.372 e. The minimum atomic E-state index is -3.18. The SMILES string of the molecule is CC1CC=NC=C1C(=O)NCCOC1C=CC=C2C1CC(C)S2(=O)=O. The van der Waals surface area contributed by atoms with Crippen LogP contribution >= 0.6 is 0 Å². The van der Waals surface area contributed by atoms with Crippen LogP contribution in [-0.4, -0.2) is 45.0 Å². The lowest BCUT2D eigenvalue weighted by Gasteiger charge is -2.24. The molecule has 0 spiro atoms. The molecule has 1 saturated heterocycles. The highest BCUT2D eigenvalue weighted by Gasteiger charge is 2.44. The molecule has 7 heteroatoms. The Morgan fingerprint density at radius 1 is 1.40 bits per heavy atom. The van der Waals surface area contributed by atoms with Gasteiger partial charge in [0.2, 0.25) is 5.91 Å². The van der Waals surface area contributed by atoms with Crippen molar-refractivity contribution in [2.24, 2.45) is 16.8 Å². The maximum Gasteiger partial charge on any atom is 0.249 e. The first-order valence-corrected chi connectivity index (χ1v) is 10.2. The van der Waals surface area contributed by atoms with E-state index in [4.69, 9.17) is 4.74 Å². The van der Waals surface area contributed by atoms with Gasteiger partial charge >= 0.3 is 0 Å². The molecule has 1 aliphatic carbocycles. The van der Waals surface area contributed by atoms with Gasteiger partial charge in [0, 0.05) is 30.5 Å². The molecule has 2 aliphatic heterocycles. The number of carbonyl (C=O) groups is 1. The van der Waals surface area contributed by atoms with Crippen LogP contribution in [0.25, 0.3) is 0 Å². The summed E-state index contributed by atoms with van der Waals surface area (Å²) in [6.45, 7) is 4.46. The Morgan fingerprint density at radius 2 is 2.20 bits per heavy atom. The predicted molar refractivity (Wildman–Crippen MR) is 96.8 cm³/mol. The van der Waals surface area contributed by atoms with Crippen LogP contribution in [0.1, 0.15) is 26.7 Å². The highest BCUT2D eigenvalue weighted by molar-refractivity contribution is 7.96. The van der Waals surface area contributed by atoms with Gasteiger partial charge in [0.05, 0.1) is 22.9 Å². The summed E-state index contributed by atoms with van der Waals surface area (Å²) in [7, 11) is -3.18. The van der Waals surface area contributed by atoms with Gasteiger partial charge in [-0.2, -0.15) is 0 Å². The summed E-state index contributed by atoms with van der Waals surface area (Å²) in [4.78, 5) is 16.7. The van der Waals surface area contributed by atoms with E-state index in [0.29, 0.717) is 30.1 Å². The van der Waals surface area contributed by atoms with Crippen molar-refractivity contribution in [2.45, 2.75) is 38.0 Å². The summed E-state index contributed by atoms with van der Waals surface area (Å²) in [6, 6.07) is 0. The lowest BCUT2D eigenvalue weighted by atomic mass is 9.93. The van der Waals surface area contributed by atoms with Crippen LogP contribution in [0.5, 0.6) is 0 Å². The number of nitrogens with zero attached hydrogens (tertiary/aromatic N) is 1. The van der Waals surface area contributed by atoms with E-state index in [1.54, 1.807) is 25.3 Å². The standard InChI is InChI=1S/C18H24N2O4S/c1-12-6-7-19-11-15(12)18(21)20-8-9-24-16-4-3-5-17-14(16)10-13(2)25(17,22)23/h3-5,7,11-14,16H,6,8-10H2,1-2H3,(H,20,21). The second-order valence-corrected chi connectivity index (χ2v) is 9.16. The quantitative estimate of drug-likeness (QED) is 0.753. The van der Waals surface area contributed by atoms with Crippen molar-refractivity contribution in [2.75, 3.05) is 13.2 Å². The molecule has 4 unspecified atom stereocenters. The van der Waals surface area contributed by atoms with Crippen LogP contribution in [0, 0.1) is 11.8 Å². The fourth-order valence-electron chi connectivity index (χ4n) is 3.47. The van der Waals surface area contributed by atoms with Crippen LogP contribution in [0.2, 0.25) is 0 Å². The van der Waals surface area contributed by atoms with E-state index in [0.717, 1.165) is 6.42 Å². The zero-order valence-corrected chi connectivity index (χ0v) is 15.3. The molecule has 25 heavy (non-hydrogen) atoms. The number of hydrogen-bond donors (Lipinski definition) is 1. The second-order valence-electron chi connectivity index (χ2n) is 6.80. The van der Waals surface area contributed by atoms with Crippen molar-refractivity contribution in [1.82, 2.24) is 5.32 Å². The van der Waals surface area contributed by atoms with Crippen LogP contribution < -0.4 is 5.32 Å². The molecule has 3 rings (SSSR count). The van der Waals surface area contributed by atoms with E-state index >= 15 is 0 Å². The molecular formula is C18H24N2O4S. The molecule has 1 amide bonds. The summed E-state index contributed by atoms with van der Waals surface area (Å²) in [5.41, 5.74) is 0.681. The Morgan fingerprint density at radius 3 is 2.96 bits per heavy atom. The van der Waals surface area contributed by atoms with Gasteiger partial charge in [-0.25, -0.2) is 8.42 Å². The molecule has 3 aliphatic rings. The topological polar surface area (TPSA) is 84.8 Å². The van der Waals surface area contributed by atoms with Crippen LogP contribution in [0.3, 0.4) is 0 Å². The summed E-state index contributed by atoms with van der Waals surface area (Å²) in [5, 5.41) is 2.48. The summed E-state index contributed by atoms with van der Waals surface area (Å²) in [5.74, 6) is -0.0709. The minimum Gasteiger partial charge on any atom is -0.372 e. The Labute approximate surface area is 148 Å². The lowest BCUT2D eigenvalue weighted by molar-refractivity contribution is -0.118. The van der Waals surface area contributed by atoms with Crippen molar-refractivity contribution < 1.29 is 17.9 Å². The average Bonchev–Trinajstić information content (AvgIpc) is 2.82. The van der Waals surface area contributed by atoms with E-state index < -0.39 is 9.84 Å². The highest BCUT2D eigenvalue weighted by atomic mass is 32.2. The fourth-order valence-corrected chi connectivity index (χ4v) is 5.32. The smallest absolute Gasteiger partial charge is 0.249 e. The van der Waals surface area contributed by atoms with Crippen molar-refractivity contribution >= 4 is 22.0 Å². The Balaban J connectivity index is 1.50. The minimum absolute atomic E-state index is 0.115. The predicted octanol–water partition coefficient (Wildman–Crippen LogP) is 1.76. The summed E-state index contributed by atoms with van der Waals surface area (Å²) in [6.07, 6.45) is 9.83. The fraction of sp³-hybridized carbons (Fsp3) is 0.556. The third kappa shape index (κ3) is 3.62. The van der Waals surface area contributed by atoms with Gasteiger partial charge in [-0.05, 0) is 31.8 Å². The van der Waals surface area contributed by atoms with Gasteiger partial charge in [-0.1, -0.05) is 19.1 Å². The molecule has 2 heterocycles. The third-order valence-electron chi connectivity index (χ3n) is 5.04. The molecule has 0 radical (unpaired) electrons. The molecule has 4 atom stereocenters. The van der Waals surface area contributed by atoms with Gasteiger partial charge in [-0.3, -0.25) is 9.79 Å². The third-order valence-corrected chi connectivity index (χ3v) is 7.38. The van der Waals surface area contributed by atoms with E-state index in [9.17, 15) is 13.2 Å². The number of allylic oxidation sites excluding steroid dienone is 2. The van der Waals surface area contributed by atoms with Crippen molar-refractivity contribution in [3.63, 3.8) is 0 Å². The first-order chi connectivity index (χ1) is 11.9. The van der Waals surface area contributed by atoms with Gasteiger partial charge in [0.15, 0.2) is 9.84 Å². The second kappa shape index (κ2) is 7.25. The number of fused-ring (bicyclic) bond motifs is 1. The van der Waals surface area contributed by atoms with E-state index in [2.05, 4.69) is 10.3 Å². The average molecular weight is 364 g/mol. The van der Waals surface area contributed by atoms with Crippen LogP contribution in [0.15, 0.2) is 39.9 Å². The zero-order valence-electron chi connectivity index (χ0n) is 14.5. The number of amides is 1. The maximum absolute atomic E-state index is 12.3. The number of hydrogen-bond acceptors (Lipinski definition) is 5. The van der Waals surface area contributed by atoms with Crippen LogP contribution in [-0.2, 0) is 19.4 Å². The molecule has 0 bridgehead atoms. The molecule has 1 N–H and O–H groups in total. The summed E-state index contributed by atoms with van der Waals surface area (Å²) >= 11 is 0. The van der Waals surface area contributed by atoms with Crippen LogP contribution in [0.4, 0.5) is 0 Å². The zero-order chi connectivity index (χ0) is 18.0. The number of sulfone groups is 1. The first-order valence-electron chi connectivity index (χ1n) is 8.65. The number of nitrogens with one attached hydrogen (secondary N) is 1. The number of rotatable bonds is 5.